The Bertz CT molecular complexity index is 1050. The van der Waals surface area contributed by atoms with Crippen LogP contribution in [-0.2, 0) is 23.1 Å². The van der Waals surface area contributed by atoms with E-state index in [4.69, 9.17) is 0 Å². The Hall–Kier alpha value is -2.36. The minimum absolute atomic E-state index is 0. The van der Waals surface area contributed by atoms with Gasteiger partial charge in [-0.2, -0.15) is 5.10 Å². The van der Waals surface area contributed by atoms with Crippen LogP contribution in [0.3, 0.4) is 0 Å². The molecule has 1 aliphatic rings. The highest BCUT2D eigenvalue weighted by molar-refractivity contribution is 7.92. The SMILES string of the molecule is Cc1cc(NS(C)(=O)=O)ccc1-n1ccnc1-c1cc2n(n1)CCNC2.Cl. The normalized spacial score (nSPS) is 13.7. The van der Waals surface area contributed by atoms with Gasteiger partial charge in [-0.25, -0.2) is 13.4 Å². The van der Waals surface area contributed by atoms with Crippen LogP contribution in [0.2, 0.25) is 0 Å². The van der Waals surface area contributed by atoms with Crippen LogP contribution in [0.4, 0.5) is 5.69 Å². The molecule has 0 atom stereocenters. The molecule has 0 amide bonds. The van der Waals surface area contributed by atoms with E-state index >= 15 is 0 Å². The molecule has 27 heavy (non-hydrogen) atoms. The number of rotatable bonds is 4. The van der Waals surface area contributed by atoms with Gasteiger partial charge in [0.1, 0.15) is 5.69 Å². The van der Waals surface area contributed by atoms with E-state index in [0.29, 0.717) is 5.69 Å². The Morgan fingerprint density at radius 1 is 1.26 bits per heavy atom. The number of hydrogen-bond donors (Lipinski definition) is 2. The number of fused-ring (bicyclic) bond motifs is 1. The molecule has 0 spiro atoms. The first kappa shape index (κ1) is 19.4. The molecule has 8 nitrogen and oxygen atoms in total. The van der Waals surface area contributed by atoms with E-state index < -0.39 is 10.0 Å². The third-order valence-corrected chi connectivity index (χ3v) is 4.91. The molecule has 144 valence electrons. The van der Waals surface area contributed by atoms with Crippen LogP contribution >= 0.6 is 12.4 Å². The van der Waals surface area contributed by atoms with Gasteiger partial charge in [-0.05, 0) is 36.8 Å². The minimum atomic E-state index is -3.30. The van der Waals surface area contributed by atoms with E-state index in [9.17, 15) is 8.42 Å². The summed E-state index contributed by atoms with van der Waals surface area (Å²) in [5, 5.41) is 8.01. The number of hydrogen-bond acceptors (Lipinski definition) is 5. The van der Waals surface area contributed by atoms with E-state index in [1.54, 1.807) is 12.3 Å². The zero-order chi connectivity index (χ0) is 18.3. The zero-order valence-corrected chi connectivity index (χ0v) is 16.6. The summed E-state index contributed by atoms with van der Waals surface area (Å²) in [7, 11) is -3.30. The molecule has 3 aromatic rings. The number of sulfonamides is 1. The quantitative estimate of drug-likeness (QED) is 0.688. The summed E-state index contributed by atoms with van der Waals surface area (Å²) >= 11 is 0. The van der Waals surface area contributed by atoms with Gasteiger partial charge < -0.3 is 5.32 Å². The first-order valence-electron chi connectivity index (χ1n) is 8.31. The average molecular weight is 409 g/mol. The van der Waals surface area contributed by atoms with Crippen molar-refractivity contribution in [2.75, 3.05) is 17.5 Å². The summed E-state index contributed by atoms with van der Waals surface area (Å²) in [5.74, 6) is 0.763. The van der Waals surface area contributed by atoms with Crippen LogP contribution in [0, 0.1) is 6.92 Å². The highest BCUT2D eigenvalue weighted by atomic mass is 35.5. The van der Waals surface area contributed by atoms with Gasteiger partial charge >= 0.3 is 0 Å². The second-order valence-electron chi connectivity index (χ2n) is 6.42. The molecule has 0 saturated heterocycles. The highest BCUT2D eigenvalue weighted by Gasteiger charge is 2.17. The van der Waals surface area contributed by atoms with Crippen LogP contribution in [-0.4, -0.2) is 40.5 Å². The topological polar surface area (TPSA) is 93.8 Å². The highest BCUT2D eigenvalue weighted by Crippen LogP contribution is 2.26. The van der Waals surface area contributed by atoms with Crippen molar-refractivity contribution in [1.29, 1.82) is 0 Å². The number of benzene rings is 1. The van der Waals surface area contributed by atoms with Crippen LogP contribution in [0.5, 0.6) is 0 Å². The number of nitrogens with one attached hydrogen (secondary N) is 2. The van der Waals surface area contributed by atoms with Gasteiger partial charge in [0.25, 0.3) is 0 Å². The lowest BCUT2D eigenvalue weighted by Gasteiger charge is -2.13. The van der Waals surface area contributed by atoms with Crippen LogP contribution < -0.4 is 10.0 Å². The second-order valence-corrected chi connectivity index (χ2v) is 8.17. The standard InChI is InChI=1S/C17H20N6O2S.ClH/c1-12-9-13(21-26(2,24)25)3-4-16(12)22-7-6-19-17(22)15-10-14-11-18-5-8-23(14)20-15;/h3-4,6-7,9-10,18,21H,5,8,11H2,1-2H3;1H. The van der Waals surface area contributed by atoms with Crippen molar-refractivity contribution in [3.63, 3.8) is 0 Å². The monoisotopic (exact) mass is 408 g/mol. The maximum atomic E-state index is 11.4. The Morgan fingerprint density at radius 3 is 2.78 bits per heavy atom. The molecular formula is C17H21ClN6O2S. The molecule has 0 fully saturated rings. The van der Waals surface area contributed by atoms with E-state index in [0.717, 1.165) is 54.4 Å². The third-order valence-electron chi connectivity index (χ3n) is 4.30. The molecule has 0 bridgehead atoms. The summed E-state index contributed by atoms with van der Waals surface area (Å²) in [4.78, 5) is 4.48. The summed E-state index contributed by atoms with van der Waals surface area (Å²) in [5.41, 5.74) is 4.37. The summed E-state index contributed by atoms with van der Waals surface area (Å²) in [6, 6.07) is 7.49. The largest absolute Gasteiger partial charge is 0.309 e. The van der Waals surface area contributed by atoms with Crippen molar-refractivity contribution in [1.82, 2.24) is 24.6 Å². The van der Waals surface area contributed by atoms with Gasteiger partial charge in [-0.15, -0.1) is 12.4 Å². The average Bonchev–Trinajstić information content (AvgIpc) is 3.19. The maximum Gasteiger partial charge on any atom is 0.229 e. The third kappa shape index (κ3) is 4.00. The van der Waals surface area contributed by atoms with Gasteiger partial charge in [-0.3, -0.25) is 14.0 Å². The number of aromatic nitrogens is 4. The maximum absolute atomic E-state index is 11.4. The first-order chi connectivity index (χ1) is 12.4. The van der Waals surface area contributed by atoms with Crippen LogP contribution in [0.25, 0.3) is 17.2 Å². The van der Waals surface area contributed by atoms with Gasteiger partial charge in [0.05, 0.1) is 24.2 Å². The molecule has 0 saturated carbocycles. The predicted molar refractivity (Wildman–Crippen MR) is 107 cm³/mol. The Balaban J connectivity index is 0.00000210. The van der Waals surface area contributed by atoms with Gasteiger partial charge in [0.2, 0.25) is 10.0 Å². The fraction of sp³-hybridized carbons (Fsp3) is 0.294. The van der Waals surface area contributed by atoms with Crippen molar-refractivity contribution >= 4 is 28.1 Å². The lowest BCUT2D eigenvalue weighted by Crippen LogP contribution is -2.28. The van der Waals surface area contributed by atoms with E-state index in [2.05, 4.69) is 26.2 Å². The molecular weight excluding hydrogens is 388 g/mol. The van der Waals surface area contributed by atoms with Crippen molar-refractivity contribution in [3.05, 3.63) is 47.9 Å². The van der Waals surface area contributed by atoms with E-state index in [-0.39, 0.29) is 12.4 Å². The number of nitrogens with zero attached hydrogens (tertiary/aromatic N) is 4. The Morgan fingerprint density at radius 2 is 2.07 bits per heavy atom. The van der Waals surface area contributed by atoms with Gasteiger partial charge in [0, 0.05) is 31.2 Å². The van der Waals surface area contributed by atoms with Crippen molar-refractivity contribution in [2.45, 2.75) is 20.0 Å². The molecule has 10 heteroatoms. The Labute approximate surface area is 164 Å². The molecule has 4 rings (SSSR count). The molecule has 0 unspecified atom stereocenters. The number of halogens is 1. The van der Waals surface area contributed by atoms with Crippen LogP contribution in [0.1, 0.15) is 11.3 Å². The first-order valence-corrected chi connectivity index (χ1v) is 10.2. The van der Waals surface area contributed by atoms with Crippen molar-refractivity contribution < 1.29 is 8.42 Å². The molecule has 3 heterocycles. The summed E-state index contributed by atoms with van der Waals surface area (Å²) < 4.78 is 29.3. The van der Waals surface area contributed by atoms with E-state index in [1.165, 1.54) is 0 Å². The molecule has 2 N–H and O–H groups in total. The molecule has 1 aliphatic heterocycles. The fourth-order valence-electron chi connectivity index (χ4n) is 3.19. The minimum Gasteiger partial charge on any atom is -0.309 e. The van der Waals surface area contributed by atoms with E-state index in [1.807, 2.05) is 34.5 Å². The number of aryl methyl sites for hydroxylation is 1. The van der Waals surface area contributed by atoms with Crippen molar-refractivity contribution in [3.8, 4) is 17.2 Å². The lowest BCUT2D eigenvalue weighted by atomic mass is 10.1. The lowest BCUT2D eigenvalue weighted by molar-refractivity contribution is 0.476. The van der Waals surface area contributed by atoms with Gasteiger partial charge in [0.15, 0.2) is 5.82 Å². The Kier molecular flexibility index (Phi) is 5.27. The summed E-state index contributed by atoms with van der Waals surface area (Å²) in [6.45, 7) is 4.50. The van der Waals surface area contributed by atoms with Crippen LogP contribution in [0.15, 0.2) is 36.7 Å². The fourth-order valence-corrected chi connectivity index (χ4v) is 3.75. The predicted octanol–water partition coefficient (Wildman–Crippen LogP) is 1.94. The molecule has 1 aromatic carbocycles. The number of imidazole rings is 1. The number of anilines is 1. The summed E-state index contributed by atoms with van der Waals surface area (Å²) in [6.07, 6.45) is 4.77. The van der Waals surface area contributed by atoms with Crippen molar-refractivity contribution in [2.24, 2.45) is 0 Å². The van der Waals surface area contributed by atoms with Gasteiger partial charge in [-0.1, -0.05) is 0 Å². The molecule has 0 radical (unpaired) electrons. The molecule has 2 aromatic heterocycles. The smallest absolute Gasteiger partial charge is 0.229 e. The molecule has 0 aliphatic carbocycles. The second kappa shape index (κ2) is 7.34. The zero-order valence-electron chi connectivity index (χ0n) is 15.0.